The second-order valence-corrected chi connectivity index (χ2v) is 5.79. The average Bonchev–Trinajstić information content (AvgIpc) is 2.21. The Morgan fingerprint density at radius 2 is 2.11 bits per heavy atom. The number of hydrogen-bond donors (Lipinski definition) is 1. The normalized spacial score (nSPS) is 28.1. The van der Waals surface area contributed by atoms with Gasteiger partial charge in [-0.1, -0.05) is 13.8 Å². The molecule has 1 aliphatic rings. The SMILES string of the molecule is CC(=O)O[C@H](C)/C=C/[C@]1(O)C(C)=CC(=O)CC1(C)C. The molecule has 0 unspecified atom stereocenters. The van der Waals surface area contributed by atoms with Gasteiger partial charge in [0.05, 0.1) is 0 Å². The van der Waals surface area contributed by atoms with Gasteiger partial charge in [0.25, 0.3) is 0 Å². The number of esters is 1. The van der Waals surface area contributed by atoms with Crippen LogP contribution >= 0.6 is 0 Å². The molecule has 0 amide bonds. The molecule has 0 aromatic heterocycles. The van der Waals surface area contributed by atoms with Crippen LogP contribution in [0.5, 0.6) is 0 Å². The number of ether oxygens (including phenoxy) is 1. The van der Waals surface area contributed by atoms with E-state index in [0.29, 0.717) is 5.57 Å². The highest BCUT2D eigenvalue weighted by Gasteiger charge is 2.46. The number of ketones is 1. The number of rotatable bonds is 3. The van der Waals surface area contributed by atoms with Crippen molar-refractivity contribution in [2.24, 2.45) is 5.41 Å². The van der Waals surface area contributed by atoms with Crippen LogP contribution in [0.4, 0.5) is 0 Å². The maximum absolute atomic E-state index is 11.6. The third-order valence-corrected chi connectivity index (χ3v) is 3.59. The summed E-state index contributed by atoms with van der Waals surface area (Å²) in [5.41, 5.74) is -1.18. The van der Waals surface area contributed by atoms with Crippen LogP contribution in [0, 0.1) is 5.41 Å². The fourth-order valence-corrected chi connectivity index (χ4v) is 2.44. The van der Waals surface area contributed by atoms with E-state index in [1.54, 1.807) is 26.0 Å². The van der Waals surface area contributed by atoms with Gasteiger partial charge in [-0.25, -0.2) is 0 Å². The van der Waals surface area contributed by atoms with Crippen LogP contribution in [-0.2, 0) is 14.3 Å². The molecule has 0 heterocycles. The van der Waals surface area contributed by atoms with E-state index in [-0.39, 0.29) is 18.2 Å². The number of carbonyl (C=O) groups is 2. The lowest BCUT2D eigenvalue weighted by Crippen LogP contribution is -2.48. The summed E-state index contributed by atoms with van der Waals surface area (Å²) in [5, 5.41) is 10.8. The molecule has 0 radical (unpaired) electrons. The molecule has 0 spiro atoms. The molecule has 0 aromatic carbocycles. The molecular formula is C15H22O4. The van der Waals surface area contributed by atoms with Crippen molar-refractivity contribution in [3.05, 3.63) is 23.8 Å². The van der Waals surface area contributed by atoms with Crippen molar-refractivity contribution in [3.8, 4) is 0 Å². The van der Waals surface area contributed by atoms with Crippen molar-refractivity contribution in [1.82, 2.24) is 0 Å². The molecule has 0 saturated heterocycles. The topological polar surface area (TPSA) is 63.6 Å². The van der Waals surface area contributed by atoms with Gasteiger partial charge in [-0.15, -0.1) is 0 Å². The summed E-state index contributed by atoms with van der Waals surface area (Å²) in [7, 11) is 0. The van der Waals surface area contributed by atoms with Gasteiger partial charge in [-0.05, 0) is 37.6 Å². The molecule has 1 rings (SSSR count). The van der Waals surface area contributed by atoms with E-state index in [0.717, 1.165) is 0 Å². The van der Waals surface area contributed by atoms with Crippen LogP contribution in [0.3, 0.4) is 0 Å². The Balaban J connectivity index is 3.01. The van der Waals surface area contributed by atoms with Crippen molar-refractivity contribution in [1.29, 1.82) is 0 Å². The molecular weight excluding hydrogens is 244 g/mol. The second kappa shape index (κ2) is 5.29. The summed E-state index contributed by atoms with van der Waals surface area (Å²) in [5.74, 6) is -0.344. The van der Waals surface area contributed by atoms with Crippen molar-refractivity contribution in [3.63, 3.8) is 0 Å². The molecule has 0 fully saturated rings. The molecule has 0 saturated carbocycles. The molecule has 0 aliphatic heterocycles. The quantitative estimate of drug-likeness (QED) is 0.628. The van der Waals surface area contributed by atoms with Gasteiger partial charge in [-0.2, -0.15) is 0 Å². The van der Waals surface area contributed by atoms with E-state index < -0.39 is 17.1 Å². The number of carbonyl (C=O) groups excluding carboxylic acids is 2. The third-order valence-electron chi connectivity index (χ3n) is 3.59. The van der Waals surface area contributed by atoms with E-state index in [4.69, 9.17) is 4.74 Å². The Morgan fingerprint density at radius 1 is 1.53 bits per heavy atom. The maximum atomic E-state index is 11.6. The Kier molecular flexibility index (Phi) is 4.35. The van der Waals surface area contributed by atoms with E-state index in [1.807, 2.05) is 13.8 Å². The number of hydrogen-bond acceptors (Lipinski definition) is 4. The third kappa shape index (κ3) is 3.32. The lowest BCUT2D eigenvalue weighted by Gasteiger charge is -2.44. The summed E-state index contributed by atoms with van der Waals surface area (Å²) < 4.78 is 4.99. The molecule has 106 valence electrons. The van der Waals surface area contributed by atoms with Gasteiger partial charge in [0.2, 0.25) is 0 Å². The summed E-state index contributed by atoms with van der Waals surface area (Å²) in [4.78, 5) is 22.4. The van der Waals surface area contributed by atoms with Crippen LogP contribution in [0.2, 0.25) is 0 Å². The summed E-state index contributed by atoms with van der Waals surface area (Å²) in [6, 6.07) is 0. The Hall–Kier alpha value is -1.42. The first kappa shape index (κ1) is 15.6. The van der Waals surface area contributed by atoms with Crippen molar-refractivity contribution < 1.29 is 19.4 Å². The van der Waals surface area contributed by atoms with Gasteiger partial charge >= 0.3 is 5.97 Å². The number of aliphatic hydroxyl groups is 1. The zero-order valence-corrected chi connectivity index (χ0v) is 12.2. The lowest BCUT2D eigenvalue weighted by atomic mass is 9.64. The zero-order chi connectivity index (χ0) is 14.8. The van der Waals surface area contributed by atoms with Gasteiger partial charge in [0.1, 0.15) is 11.7 Å². The highest BCUT2D eigenvalue weighted by molar-refractivity contribution is 5.92. The first-order valence-corrected chi connectivity index (χ1v) is 6.39. The molecule has 4 heteroatoms. The fraction of sp³-hybridized carbons (Fsp3) is 0.600. The minimum absolute atomic E-state index is 0.0219. The lowest BCUT2D eigenvalue weighted by molar-refractivity contribution is -0.143. The van der Waals surface area contributed by atoms with Crippen molar-refractivity contribution in [2.75, 3.05) is 0 Å². The zero-order valence-electron chi connectivity index (χ0n) is 12.2. The Labute approximate surface area is 114 Å². The molecule has 2 atom stereocenters. The van der Waals surface area contributed by atoms with Gasteiger partial charge < -0.3 is 9.84 Å². The Morgan fingerprint density at radius 3 is 2.58 bits per heavy atom. The van der Waals surface area contributed by atoms with E-state index in [9.17, 15) is 14.7 Å². The second-order valence-electron chi connectivity index (χ2n) is 5.79. The summed E-state index contributed by atoms with van der Waals surface area (Å²) in [6.45, 7) is 8.50. The predicted octanol–water partition coefficient (Wildman–Crippen LogP) is 2.17. The first-order valence-electron chi connectivity index (χ1n) is 6.39. The molecule has 0 aromatic rings. The molecule has 19 heavy (non-hydrogen) atoms. The predicted molar refractivity (Wildman–Crippen MR) is 72.5 cm³/mol. The van der Waals surface area contributed by atoms with Gasteiger partial charge in [-0.3, -0.25) is 9.59 Å². The van der Waals surface area contributed by atoms with Gasteiger partial charge in [0, 0.05) is 18.8 Å². The van der Waals surface area contributed by atoms with Crippen LogP contribution in [0.1, 0.15) is 41.0 Å². The highest BCUT2D eigenvalue weighted by Crippen LogP contribution is 2.44. The summed E-state index contributed by atoms with van der Waals surface area (Å²) >= 11 is 0. The van der Waals surface area contributed by atoms with Crippen molar-refractivity contribution >= 4 is 11.8 Å². The van der Waals surface area contributed by atoms with Crippen LogP contribution in [-0.4, -0.2) is 28.6 Å². The minimum Gasteiger partial charge on any atom is -0.459 e. The standard InChI is InChI=1S/C15H22O4/c1-10-8-13(17)9-14(4,5)15(10,18)7-6-11(2)19-12(3)16/h6-8,11,18H,9H2,1-5H3/b7-6+/t11-,15+/m1/s1. The highest BCUT2D eigenvalue weighted by atomic mass is 16.5. The molecule has 0 bridgehead atoms. The smallest absolute Gasteiger partial charge is 0.303 e. The summed E-state index contributed by atoms with van der Waals surface area (Å²) in [6.07, 6.45) is 4.62. The maximum Gasteiger partial charge on any atom is 0.303 e. The van der Waals surface area contributed by atoms with E-state index in [1.165, 1.54) is 13.0 Å². The van der Waals surface area contributed by atoms with E-state index >= 15 is 0 Å². The minimum atomic E-state index is -1.20. The van der Waals surface area contributed by atoms with Crippen LogP contribution < -0.4 is 0 Å². The molecule has 4 nitrogen and oxygen atoms in total. The average molecular weight is 266 g/mol. The number of allylic oxidation sites excluding steroid dienone is 1. The van der Waals surface area contributed by atoms with Gasteiger partial charge in [0.15, 0.2) is 5.78 Å². The monoisotopic (exact) mass is 266 g/mol. The first-order chi connectivity index (χ1) is 8.58. The van der Waals surface area contributed by atoms with Crippen LogP contribution in [0.25, 0.3) is 0 Å². The fourth-order valence-electron chi connectivity index (χ4n) is 2.44. The van der Waals surface area contributed by atoms with Crippen LogP contribution in [0.15, 0.2) is 23.8 Å². The Bertz CT molecular complexity index is 445. The van der Waals surface area contributed by atoms with Crippen molar-refractivity contribution in [2.45, 2.75) is 52.7 Å². The van der Waals surface area contributed by atoms with E-state index in [2.05, 4.69) is 0 Å². The molecule has 1 aliphatic carbocycles. The molecule has 1 N–H and O–H groups in total. The largest absolute Gasteiger partial charge is 0.459 e.